The van der Waals surface area contributed by atoms with Gasteiger partial charge in [-0.1, -0.05) is 49.7 Å². The van der Waals surface area contributed by atoms with Gasteiger partial charge in [0.05, 0.1) is 13.2 Å². The molecule has 3 atom stereocenters. The third kappa shape index (κ3) is 8.13. The molecule has 3 N–H and O–H groups in total. The Morgan fingerprint density at radius 1 is 0.850 bits per heavy atom. The predicted molar refractivity (Wildman–Crippen MR) is 135 cm³/mol. The van der Waals surface area contributed by atoms with E-state index >= 15 is 0 Å². The molecule has 2 rings (SSSR count). The molecule has 40 heavy (non-hydrogen) atoms. The first-order valence-electron chi connectivity index (χ1n) is 11.8. The van der Waals surface area contributed by atoms with Gasteiger partial charge < -0.3 is 20.7 Å². The standard InChI is InChI=1S/C26H27ClF5N3O5/c1-13(2)19(21(36)26(30,31)32)34-23(38)20(15-8-10-18(40-4)11-9-15)35-22(37)14(3)33-24(39)25(28,29)16-6-5-7-17(27)12-16/h5-14,19-20H,1-4H3,(H,33,39)(H,34,38)(H,35,37)/t14-,19-,20-/m0/s1. The zero-order valence-corrected chi connectivity index (χ0v) is 22.5. The van der Waals surface area contributed by atoms with E-state index in [1.807, 2.05) is 10.6 Å². The number of methoxy groups -OCH3 is 1. The van der Waals surface area contributed by atoms with E-state index in [1.54, 1.807) is 0 Å². The summed E-state index contributed by atoms with van der Waals surface area (Å²) in [5.74, 6) is -11.0. The van der Waals surface area contributed by atoms with E-state index in [-0.39, 0.29) is 10.6 Å². The Morgan fingerprint density at radius 2 is 1.45 bits per heavy atom. The molecule has 0 aliphatic heterocycles. The van der Waals surface area contributed by atoms with Crippen molar-refractivity contribution in [1.29, 1.82) is 0 Å². The molecule has 2 aromatic carbocycles. The zero-order chi connectivity index (χ0) is 30.4. The number of hydrogen-bond donors (Lipinski definition) is 3. The Hall–Kier alpha value is -3.74. The summed E-state index contributed by atoms with van der Waals surface area (Å²) in [5, 5.41) is 6.05. The fourth-order valence-electron chi connectivity index (χ4n) is 3.48. The van der Waals surface area contributed by atoms with Gasteiger partial charge in [-0.3, -0.25) is 19.2 Å². The number of carbonyl (C=O) groups excluding carboxylic acids is 4. The molecule has 0 radical (unpaired) electrons. The number of alkyl halides is 5. The normalized spacial score (nSPS) is 14.1. The van der Waals surface area contributed by atoms with Crippen molar-refractivity contribution in [3.05, 3.63) is 64.7 Å². The van der Waals surface area contributed by atoms with Crippen molar-refractivity contribution in [2.45, 2.75) is 51.0 Å². The van der Waals surface area contributed by atoms with Gasteiger partial charge in [-0.05, 0) is 42.7 Å². The monoisotopic (exact) mass is 591 g/mol. The van der Waals surface area contributed by atoms with Crippen molar-refractivity contribution >= 4 is 35.1 Å². The molecule has 0 unspecified atom stereocenters. The van der Waals surface area contributed by atoms with Crippen LogP contribution in [0, 0.1) is 5.92 Å². The molecule has 218 valence electrons. The number of amides is 3. The first-order valence-corrected chi connectivity index (χ1v) is 12.2. The van der Waals surface area contributed by atoms with Gasteiger partial charge >= 0.3 is 12.1 Å². The largest absolute Gasteiger partial charge is 0.497 e. The number of rotatable bonds is 11. The van der Waals surface area contributed by atoms with Crippen molar-refractivity contribution < 1.29 is 45.9 Å². The van der Waals surface area contributed by atoms with Gasteiger partial charge in [0.2, 0.25) is 11.8 Å². The lowest BCUT2D eigenvalue weighted by Crippen LogP contribution is -2.55. The first kappa shape index (κ1) is 32.5. The van der Waals surface area contributed by atoms with Gasteiger partial charge in [-0.2, -0.15) is 22.0 Å². The Labute approximate surface area is 231 Å². The molecule has 0 saturated carbocycles. The Morgan fingerprint density at radius 3 is 1.95 bits per heavy atom. The Balaban J connectivity index is 2.29. The van der Waals surface area contributed by atoms with Crippen molar-refractivity contribution in [2.75, 3.05) is 7.11 Å². The molecule has 3 amide bonds. The fraction of sp³-hybridized carbons (Fsp3) is 0.385. The number of ketones is 1. The van der Waals surface area contributed by atoms with Crippen LogP contribution in [0.1, 0.15) is 37.9 Å². The van der Waals surface area contributed by atoms with E-state index in [4.69, 9.17) is 16.3 Å². The van der Waals surface area contributed by atoms with E-state index < -0.39 is 65.2 Å². The summed E-state index contributed by atoms with van der Waals surface area (Å²) < 4.78 is 73.7. The van der Waals surface area contributed by atoms with Crippen LogP contribution in [0.3, 0.4) is 0 Å². The van der Waals surface area contributed by atoms with E-state index in [9.17, 15) is 41.1 Å². The van der Waals surface area contributed by atoms with Gasteiger partial charge in [-0.15, -0.1) is 0 Å². The van der Waals surface area contributed by atoms with E-state index in [1.165, 1.54) is 57.4 Å². The summed E-state index contributed by atoms with van der Waals surface area (Å²) in [4.78, 5) is 50.2. The van der Waals surface area contributed by atoms with E-state index in [0.717, 1.165) is 19.1 Å². The topological polar surface area (TPSA) is 114 Å². The third-order valence-electron chi connectivity index (χ3n) is 5.74. The minimum atomic E-state index is -5.24. The maximum absolute atomic E-state index is 14.7. The summed E-state index contributed by atoms with van der Waals surface area (Å²) in [5.41, 5.74) is -0.661. The highest BCUT2D eigenvalue weighted by atomic mass is 35.5. The molecule has 0 saturated heterocycles. The minimum Gasteiger partial charge on any atom is -0.497 e. The molecule has 0 bridgehead atoms. The minimum absolute atomic E-state index is 0.0483. The maximum atomic E-state index is 14.7. The predicted octanol–water partition coefficient (Wildman–Crippen LogP) is 4.07. The summed E-state index contributed by atoms with van der Waals surface area (Å²) in [6, 6.07) is 4.57. The van der Waals surface area contributed by atoms with E-state index in [0.29, 0.717) is 5.75 Å². The molecule has 0 aliphatic rings. The molecular weight excluding hydrogens is 565 g/mol. The lowest BCUT2D eigenvalue weighted by molar-refractivity contribution is -0.175. The van der Waals surface area contributed by atoms with E-state index in [2.05, 4.69) is 5.32 Å². The number of ether oxygens (including phenoxy) is 1. The first-order chi connectivity index (χ1) is 18.5. The average molecular weight is 592 g/mol. The van der Waals surface area contributed by atoms with Crippen LogP contribution in [0.15, 0.2) is 48.5 Å². The van der Waals surface area contributed by atoms with Gasteiger partial charge in [0.15, 0.2) is 0 Å². The fourth-order valence-corrected chi connectivity index (χ4v) is 3.67. The van der Waals surface area contributed by atoms with Crippen LogP contribution < -0.4 is 20.7 Å². The molecule has 0 aliphatic carbocycles. The second-order valence-electron chi connectivity index (χ2n) is 9.09. The lowest BCUT2D eigenvalue weighted by Gasteiger charge is -2.27. The summed E-state index contributed by atoms with van der Waals surface area (Å²) in [7, 11) is 1.36. The second-order valence-corrected chi connectivity index (χ2v) is 9.52. The SMILES string of the molecule is COc1ccc([C@H](NC(=O)[C@H](C)NC(=O)C(F)(F)c2cccc(Cl)c2)C(=O)N[C@H](C(=O)C(F)(F)F)C(C)C)cc1. The van der Waals surface area contributed by atoms with Crippen LogP contribution in [0.5, 0.6) is 5.75 Å². The van der Waals surface area contributed by atoms with Crippen LogP contribution in [0.2, 0.25) is 5.02 Å². The molecule has 0 fully saturated rings. The maximum Gasteiger partial charge on any atom is 0.452 e. The van der Waals surface area contributed by atoms with Crippen LogP contribution >= 0.6 is 11.6 Å². The summed E-state index contributed by atoms with van der Waals surface area (Å²) in [6.45, 7) is 3.63. The van der Waals surface area contributed by atoms with Gasteiger partial charge in [0.25, 0.3) is 11.7 Å². The lowest BCUT2D eigenvalue weighted by atomic mass is 9.97. The molecule has 0 heterocycles. The number of hydrogen-bond acceptors (Lipinski definition) is 5. The summed E-state index contributed by atoms with van der Waals surface area (Å²) in [6.07, 6.45) is -5.24. The van der Waals surface area contributed by atoms with Crippen molar-refractivity contribution in [1.82, 2.24) is 16.0 Å². The van der Waals surface area contributed by atoms with Crippen LogP contribution in [-0.2, 0) is 25.1 Å². The third-order valence-corrected chi connectivity index (χ3v) is 5.97. The number of Topliss-reactive ketones (excluding diaryl/α,β-unsaturated/α-hetero) is 1. The highest BCUT2D eigenvalue weighted by Gasteiger charge is 2.46. The molecule has 14 heteroatoms. The number of nitrogens with one attached hydrogen (secondary N) is 3. The smallest absolute Gasteiger partial charge is 0.452 e. The quantitative estimate of drug-likeness (QED) is 0.341. The van der Waals surface area contributed by atoms with Gasteiger partial charge in [-0.25, -0.2) is 0 Å². The van der Waals surface area contributed by atoms with Crippen LogP contribution in [-0.4, -0.2) is 48.9 Å². The van der Waals surface area contributed by atoms with Gasteiger partial charge in [0.1, 0.15) is 17.8 Å². The summed E-state index contributed by atoms with van der Waals surface area (Å²) >= 11 is 5.72. The van der Waals surface area contributed by atoms with Gasteiger partial charge in [0, 0.05) is 10.6 Å². The average Bonchev–Trinajstić information content (AvgIpc) is 2.88. The number of carbonyl (C=O) groups is 4. The number of halogens is 6. The highest BCUT2D eigenvalue weighted by Crippen LogP contribution is 2.30. The molecule has 0 spiro atoms. The Bertz CT molecular complexity index is 1240. The Kier molecular flexibility index (Phi) is 10.6. The van der Waals surface area contributed by atoms with Crippen molar-refractivity contribution in [3.63, 3.8) is 0 Å². The van der Waals surface area contributed by atoms with Crippen molar-refractivity contribution in [2.24, 2.45) is 5.92 Å². The van der Waals surface area contributed by atoms with Crippen molar-refractivity contribution in [3.8, 4) is 5.75 Å². The molecule has 2 aromatic rings. The zero-order valence-electron chi connectivity index (χ0n) is 21.7. The van der Waals surface area contributed by atoms with Crippen LogP contribution in [0.4, 0.5) is 22.0 Å². The number of benzene rings is 2. The molecule has 0 aromatic heterocycles. The van der Waals surface area contributed by atoms with Crippen LogP contribution in [0.25, 0.3) is 0 Å². The molecular formula is C26H27ClF5N3O5. The second kappa shape index (κ2) is 13.1. The molecule has 8 nitrogen and oxygen atoms in total. The highest BCUT2D eigenvalue weighted by molar-refractivity contribution is 6.30.